The second-order valence-corrected chi connectivity index (χ2v) is 5.00. The van der Waals surface area contributed by atoms with Gasteiger partial charge in [0.15, 0.2) is 6.61 Å². The molecule has 21 heavy (non-hydrogen) atoms. The van der Waals surface area contributed by atoms with Crippen LogP contribution in [0, 0.1) is 0 Å². The average Bonchev–Trinajstić information content (AvgIpc) is 2.42. The van der Waals surface area contributed by atoms with Crippen LogP contribution >= 0.6 is 0 Å². The van der Waals surface area contributed by atoms with E-state index in [1.807, 2.05) is 39.0 Å². The van der Waals surface area contributed by atoms with Gasteiger partial charge in [-0.3, -0.25) is 9.59 Å². The van der Waals surface area contributed by atoms with Gasteiger partial charge in [0.1, 0.15) is 5.75 Å². The van der Waals surface area contributed by atoms with E-state index in [-0.39, 0.29) is 25.0 Å². The predicted molar refractivity (Wildman–Crippen MR) is 80.2 cm³/mol. The monoisotopic (exact) mass is 293 g/mol. The van der Waals surface area contributed by atoms with E-state index >= 15 is 0 Å². The molecule has 0 radical (unpaired) electrons. The largest absolute Gasteiger partial charge is 0.491 e. The van der Waals surface area contributed by atoms with E-state index in [9.17, 15) is 9.59 Å². The molecule has 1 aromatic rings. The van der Waals surface area contributed by atoms with Crippen molar-refractivity contribution in [3.05, 3.63) is 29.8 Å². The molecule has 1 N–H and O–H groups in total. The van der Waals surface area contributed by atoms with Crippen LogP contribution in [0.3, 0.4) is 0 Å². The lowest BCUT2D eigenvalue weighted by Gasteiger charge is -2.11. The zero-order chi connectivity index (χ0) is 15.7. The van der Waals surface area contributed by atoms with E-state index in [4.69, 9.17) is 9.47 Å². The van der Waals surface area contributed by atoms with Gasteiger partial charge >= 0.3 is 5.97 Å². The Bertz CT molecular complexity index is 471. The van der Waals surface area contributed by atoms with Gasteiger partial charge in [0, 0.05) is 6.54 Å². The molecule has 116 valence electrons. The minimum absolute atomic E-state index is 0.0782. The van der Waals surface area contributed by atoms with E-state index in [0.29, 0.717) is 6.54 Å². The van der Waals surface area contributed by atoms with Crippen LogP contribution in [0.15, 0.2) is 24.3 Å². The Morgan fingerprint density at radius 3 is 2.71 bits per heavy atom. The Labute approximate surface area is 125 Å². The van der Waals surface area contributed by atoms with Crippen molar-refractivity contribution in [3.63, 3.8) is 0 Å². The molecule has 0 fully saturated rings. The lowest BCUT2D eigenvalue weighted by atomic mass is 10.1. The van der Waals surface area contributed by atoms with Gasteiger partial charge in [-0.25, -0.2) is 0 Å². The Kier molecular flexibility index (Phi) is 7.29. The van der Waals surface area contributed by atoms with Gasteiger partial charge in [-0.2, -0.15) is 0 Å². The first-order chi connectivity index (χ1) is 10.0. The number of carbonyl (C=O) groups is 2. The molecule has 1 aromatic carbocycles. The summed E-state index contributed by atoms with van der Waals surface area (Å²) in [6.07, 6.45) is 1.05. The topological polar surface area (TPSA) is 64.6 Å². The Morgan fingerprint density at radius 1 is 1.29 bits per heavy atom. The molecular formula is C16H23NO4. The summed E-state index contributed by atoms with van der Waals surface area (Å²) in [4.78, 5) is 23.0. The number of carbonyl (C=O) groups excluding carboxylic acids is 2. The van der Waals surface area contributed by atoms with E-state index in [1.165, 1.54) is 0 Å². The second kappa shape index (κ2) is 9.00. The standard InChI is InChI=1S/C16H23NO4/c1-4-8-17-15(18)11-20-16(19)10-13-6-5-7-14(9-13)21-12(2)3/h5-7,9,12H,4,8,10-11H2,1-3H3,(H,17,18). The summed E-state index contributed by atoms with van der Waals surface area (Å²) in [6, 6.07) is 7.30. The summed E-state index contributed by atoms with van der Waals surface area (Å²) in [6.45, 7) is 6.19. The summed E-state index contributed by atoms with van der Waals surface area (Å²) in [5, 5.41) is 2.65. The van der Waals surface area contributed by atoms with E-state index < -0.39 is 5.97 Å². The molecule has 1 rings (SSSR count). The third-order valence-corrected chi connectivity index (χ3v) is 2.56. The van der Waals surface area contributed by atoms with Crippen molar-refractivity contribution in [2.24, 2.45) is 0 Å². The summed E-state index contributed by atoms with van der Waals surface area (Å²) >= 11 is 0. The third kappa shape index (κ3) is 7.34. The highest BCUT2D eigenvalue weighted by molar-refractivity contribution is 5.81. The number of ether oxygens (including phenoxy) is 2. The van der Waals surface area contributed by atoms with Crippen molar-refractivity contribution in [3.8, 4) is 5.75 Å². The van der Waals surface area contributed by atoms with Gasteiger partial charge < -0.3 is 14.8 Å². The van der Waals surface area contributed by atoms with Crippen LogP contribution in [0.1, 0.15) is 32.8 Å². The molecule has 0 spiro atoms. The number of hydrogen-bond donors (Lipinski definition) is 1. The molecule has 5 heteroatoms. The highest BCUT2D eigenvalue weighted by atomic mass is 16.5. The molecule has 0 heterocycles. The SMILES string of the molecule is CCCNC(=O)COC(=O)Cc1cccc(OC(C)C)c1. The molecule has 0 aliphatic heterocycles. The van der Waals surface area contributed by atoms with Gasteiger partial charge in [0.05, 0.1) is 12.5 Å². The Hall–Kier alpha value is -2.04. The first kappa shape index (κ1) is 17.0. The number of hydrogen-bond acceptors (Lipinski definition) is 4. The summed E-state index contributed by atoms with van der Waals surface area (Å²) in [5.41, 5.74) is 0.798. The number of rotatable bonds is 8. The first-order valence-corrected chi connectivity index (χ1v) is 7.19. The molecule has 5 nitrogen and oxygen atoms in total. The molecular weight excluding hydrogens is 270 g/mol. The number of nitrogens with one attached hydrogen (secondary N) is 1. The predicted octanol–water partition coefficient (Wildman–Crippen LogP) is 2.09. The zero-order valence-electron chi connectivity index (χ0n) is 12.8. The molecule has 0 saturated carbocycles. The molecule has 0 aliphatic carbocycles. The van der Waals surface area contributed by atoms with Crippen LogP contribution in [-0.2, 0) is 20.7 Å². The van der Waals surface area contributed by atoms with Crippen LogP contribution in [0.4, 0.5) is 0 Å². The van der Waals surface area contributed by atoms with Crippen molar-refractivity contribution < 1.29 is 19.1 Å². The second-order valence-electron chi connectivity index (χ2n) is 5.00. The van der Waals surface area contributed by atoms with E-state index in [0.717, 1.165) is 17.7 Å². The maximum absolute atomic E-state index is 11.7. The zero-order valence-corrected chi connectivity index (χ0v) is 12.8. The molecule has 0 atom stereocenters. The minimum atomic E-state index is -0.427. The van der Waals surface area contributed by atoms with Gasteiger partial charge in [-0.1, -0.05) is 19.1 Å². The lowest BCUT2D eigenvalue weighted by molar-refractivity contribution is -0.147. The van der Waals surface area contributed by atoms with Crippen molar-refractivity contribution in [2.45, 2.75) is 39.7 Å². The summed E-state index contributed by atoms with van der Waals surface area (Å²) in [7, 11) is 0. The third-order valence-electron chi connectivity index (χ3n) is 2.56. The fourth-order valence-corrected chi connectivity index (χ4v) is 1.68. The fourth-order valence-electron chi connectivity index (χ4n) is 1.68. The molecule has 0 aromatic heterocycles. The van der Waals surface area contributed by atoms with E-state index in [1.54, 1.807) is 6.07 Å². The van der Waals surface area contributed by atoms with E-state index in [2.05, 4.69) is 5.32 Å². The quantitative estimate of drug-likeness (QED) is 0.745. The highest BCUT2D eigenvalue weighted by Crippen LogP contribution is 2.15. The number of benzene rings is 1. The minimum Gasteiger partial charge on any atom is -0.491 e. The highest BCUT2D eigenvalue weighted by Gasteiger charge is 2.09. The first-order valence-electron chi connectivity index (χ1n) is 7.19. The summed E-state index contributed by atoms with van der Waals surface area (Å²) < 4.78 is 10.5. The van der Waals surface area contributed by atoms with Gasteiger partial charge in [0.2, 0.25) is 0 Å². The maximum Gasteiger partial charge on any atom is 0.310 e. The molecule has 0 bridgehead atoms. The Morgan fingerprint density at radius 2 is 2.05 bits per heavy atom. The van der Waals surface area contributed by atoms with Crippen LogP contribution in [0.25, 0.3) is 0 Å². The molecule has 0 saturated heterocycles. The normalized spacial score (nSPS) is 10.3. The van der Waals surface area contributed by atoms with Gasteiger partial charge in [-0.15, -0.1) is 0 Å². The molecule has 1 amide bonds. The van der Waals surface area contributed by atoms with Crippen molar-refractivity contribution >= 4 is 11.9 Å². The lowest BCUT2D eigenvalue weighted by Crippen LogP contribution is -2.29. The van der Waals surface area contributed by atoms with Crippen LogP contribution < -0.4 is 10.1 Å². The molecule has 0 unspecified atom stereocenters. The van der Waals surface area contributed by atoms with Gasteiger partial charge in [0.25, 0.3) is 5.91 Å². The van der Waals surface area contributed by atoms with Crippen molar-refractivity contribution in [1.29, 1.82) is 0 Å². The van der Waals surface area contributed by atoms with Crippen molar-refractivity contribution in [2.75, 3.05) is 13.2 Å². The smallest absolute Gasteiger partial charge is 0.310 e. The molecule has 0 aliphatic rings. The number of amides is 1. The number of esters is 1. The fraction of sp³-hybridized carbons (Fsp3) is 0.500. The van der Waals surface area contributed by atoms with Crippen LogP contribution in [0.5, 0.6) is 5.75 Å². The van der Waals surface area contributed by atoms with Crippen LogP contribution in [-0.4, -0.2) is 31.1 Å². The Balaban J connectivity index is 2.42. The van der Waals surface area contributed by atoms with Crippen molar-refractivity contribution in [1.82, 2.24) is 5.32 Å². The van der Waals surface area contributed by atoms with Crippen LogP contribution in [0.2, 0.25) is 0 Å². The van der Waals surface area contributed by atoms with Gasteiger partial charge in [-0.05, 0) is 38.0 Å². The summed E-state index contributed by atoms with van der Waals surface area (Å²) in [5.74, 6) is 0.0152. The maximum atomic E-state index is 11.7. The average molecular weight is 293 g/mol.